The monoisotopic (exact) mass is 856 g/mol. The van der Waals surface area contributed by atoms with Crippen LogP contribution in [0.25, 0.3) is 0 Å². The van der Waals surface area contributed by atoms with Gasteiger partial charge in [-0.2, -0.15) is 136 Å². The summed E-state index contributed by atoms with van der Waals surface area (Å²) in [4.78, 5) is 9.92. The molecule has 0 aliphatic carbocycles. The predicted molar refractivity (Wildman–Crippen MR) is 91.5 cm³/mol. The van der Waals surface area contributed by atoms with E-state index in [1.54, 1.807) is 0 Å². The molecular weight excluding hydrogens is 853 g/mol. The molecule has 0 aromatic carbocycles. The molecule has 0 unspecified atom stereocenters. The Morgan fingerprint density at radius 3 is 0.500 bits per heavy atom. The van der Waals surface area contributed by atoms with E-state index in [0.717, 1.165) is 0 Å². The first-order valence-electron chi connectivity index (χ1n) is 10.0. The van der Waals surface area contributed by atoms with E-state index in [4.69, 9.17) is 5.11 Å². The van der Waals surface area contributed by atoms with Gasteiger partial charge in [-0.1, -0.05) is 0 Å². The zero-order chi connectivity index (χ0) is 41.1. The van der Waals surface area contributed by atoms with Crippen molar-refractivity contribution in [3.05, 3.63) is 0 Å². The van der Waals surface area contributed by atoms with Gasteiger partial charge in [0.2, 0.25) is 0 Å². The normalized spacial score (nSPS) is 16.7. The maximum absolute atomic E-state index is 13.7. The number of hydrogen-bond acceptors (Lipinski definition) is 1. The Kier molecular flexibility index (Phi) is 12.5. The van der Waals surface area contributed by atoms with Crippen LogP contribution in [-0.2, 0) is 4.79 Å². The summed E-state index contributed by atoms with van der Waals surface area (Å²) in [7, 11) is 0. The van der Waals surface area contributed by atoms with Gasteiger partial charge in [0.25, 0.3) is 0 Å². The fourth-order valence-corrected chi connectivity index (χ4v) is 2.68. The minimum absolute atomic E-state index is 0. The minimum atomic E-state index is -10.1. The van der Waals surface area contributed by atoms with Crippen LogP contribution in [0, 0.1) is 0 Å². The van der Waals surface area contributed by atoms with E-state index < -0.39 is 95.1 Å². The number of halogens is 31. The summed E-state index contributed by atoms with van der Waals surface area (Å²) in [6, 6.07) is 0. The molecule has 34 heteroatoms. The van der Waals surface area contributed by atoms with Gasteiger partial charge >= 0.3 is 133 Å². The predicted octanol–water partition coefficient (Wildman–Crippen LogP) is 8.61. The fourth-order valence-electron chi connectivity index (χ4n) is 2.68. The number of rotatable bonds is 14. The molecule has 0 heterocycles. The second kappa shape index (κ2) is 12.3. The van der Waals surface area contributed by atoms with Crippen molar-refractivity contribution in [3.63, 3.8) is 0 Å². The summed E-state index contributed by atoms with van der Waals surface area (Å²) < 4.78 is 411. The van der Waals surface area contributed by atoms with Crippen LogP contribution >= 0.6 is 0 Å². The van der Waals surface area contributed by atoms with E-state index >= 15 is 0 Å². The fraction of sp³-hybridized carbons (Fsp3) is 0.938. The molecule has 0 aliphatic heterocycles. The third-order valence-corrected chi connectivity index (χ3v) is 5.75. The van der Waals surface area contributed by atoms with Gasteiger partial charge in [-0.25, -0.2) is 4.79 Å². The van der Waals surface area contributed by atoms with Gasteiger partial charge in [0.1, 0.15) is 0 Å². The van der Waals surface area contributed by atoms with Crippen LogP contribution in [0.1, 0.15) is 0 Å². The van der Waals surface area contributed by atoms with Gasteiger partial charge in [0.15, 0.2) is 0 Å². The van der Waals surface area contributed by atoms with Crippen LogP contribution < -0.4 is 0 Å². The van der Waals surface area contributed by atoms with Crippen molar-refractivity contribution in [1.29, 1.82) is 0 Å². The second-order valence-electron chi connectivity index (χ2n) is 8.84. The topological polar surface area (TPSA) is 37.3 Å². The molecule has 0 atom stereocenters. The molecule has 0 radical (unpaired) electrons. The van der Waals surface area contributed by atoms with Crippen molar-refractivity contribution in [2.24, 2.45) is 0 Å². The SMILES string of the molecule is O=C(O)C(F)(F)C(F)(F)C(F)(F)C(F)(F)C(F)(F)C(F)(F)C(F)(F)C(F)(F)C(F)(F)C(F)(F)C(F)(F)C(F)(F)C(F)(F)C(F)(F)C(F)(F)F.[CaH2]. The summed E-state index contributed by atoms with van der Waals surface area (Å²) in [6.07, 6.45) is -8.36. The Hall–Kier alpha value is -1.44. The van der Waals surface area contributed by atoms with Crippen molar-refractivity contribution < 1.29 is 146 Å². The van der Waals surface area contributed by atoms with E-state index in [9.17, 15) is 141 Å². The van der Waals surface area contributed by atoms with Crippen LogP contribution in [0.4, 0.5) is 136 Å². The molecule has 0 aromatic rings. The van der Waals surface area contributed by atoms with E-state index in [0.29, 0.717) is 0 Å². The molecule has 50 heavy (non-hydrogen) atoms. The second-order valence-corrected chi connectivity index (χ2v) is 8.84. The third-order valence-electron chi connectivity index (χ3n) is 5.75. The van der Waals surface area contributed by atoms with Gasteiger partial charge in [0, 0.05) is 0 Å². The summed E-state index contributed by atoms with van der Waals surface area (Å²) in [5, 5.41) is 7.65. The molecule has 0 spiro atoms. The van der Waals surface area contributed by atoms with Gasteiger partial charge in [0.05, 0.1) is 0 Å². The molecular formula is C16H3CaF31O2. The van der Waals surface area contributed by atoms with E-state index in [2.05, 4.69) is 0 Å². The van der Waals surface area contributed by atoms with Gasteiger partial charge in [-0.15, -0.1) is 0 Å². The molecule has 0 saturated carbocycles. The van der Waals surface area contributed by atoms with E-state index in [-0.39, 0.29) is 37.7 Å². The average molecular weight is 856 g/mol. The first kappa shape index (κ1) is 50.7. The molecule has 0 aliphatic rings. The quantitative estimate of drug-likeness (QED) is 0.141. The molecule has 0 saturated heterocycles. The van der Waals surface area contributed by atoms with Crippen molar-refractivity contribution in [2.75, 3.05) is 0 Å². The molecule has 2 nitrogen and oxygen atoms in total. The molecule has 0 bridgehead atoms. The Balaban J connectivity index is 0. The third kappa shape index (κ3) is 5.67. The zero-order valence-electron chi connectivity index (χ0n) is 20.6. The van der Waals surface area contributed by atoms with E-state index in [1.807, 2.05) is 0 Å². The Bertz CT molecular complexity index is 1260. The summed E-state index contributed by atoms with van der Waals surface area (Å²) >= 11 is 0. The van der Waals surface area contributed by atoms with Crippen molar-refractivity contribution in [3.8, 4) is 0 Å². The first-order chi connectivity index (χ1) is 20.4. The average Bonchev–Trinajstić information content (AvgIpc) is 2.86. The van der Waals surface area contributed by atoms with Crippen molar-refractivity contribution in [1.82, 2.24) is 0 Å². The molecule has 0 aromatic heterocycles. The Morgan fingerprint density at radius 2 is 0.380 bits per heavy atom. The summed E-state index contributed by atoms with van der Waals surface area (Å²) in [6.45, 7) is 0. The standard InChI is InChI=1S/C16HF31O2.Ca.2H/c17-2(18,1(48)49)3(19,20)4(21,22)5(23,24)6(25,26)7(27,28)8(29,30)9(31,32)10(33,34)11(35,36)12(37,38)13(39,40)14(41,42)15(43,44)16(45,46)47;;;/h(H,48,49);;;. The number of carboxylic acids is 1. The van der Waals surface area contributed by atoms with Crippen molar-refractivity contribution >= 4 is 43.7 Å². The number of alkyl halides is 31. The number of aliphatic carboxylic acids is 1. The molecule has 0 rings (SSSR count). The van der Waals surface area contributed by atoms with Crippen LogP contribution in [-0.4, -0.2) is 138 Å². The summed E-state index contributed by atoms with van der Waals surface area (Å²) in [5.74, 6) is -139. The van der Waals surface area contributed by atoms with Crippen LogP contribution in [0.3, 0.4) is 0 Å². The van der Waals surface area contributed by atoms with E-state index in [1.165, 1.54) is 0 Å². The Labute approximate surface area is 278 Å². The first-order valence-corrected chi connectivity index (χ1v) is 10.0. The van der Waals surface area contributed by atoms with Gasteiger partial charge in [-0.05, 0) is 0 Å². The molecule has 298 valence electrons. The molecule has 0 fully saturated rings. The Morgan fingerprint density at radius 1 is 0.260 bits per heavy atom. The number of hydrogen-bond donors (Lipinski definition) is 1. The van der Waals surface area contributed by atoms with Crippen LogP contribution in [0.15, 0.2) is 0 Å². The molecule has 1 N–H and O–H groups in total. The zero-order valence-corrected chi connectivity index (χ0v) is 20.6. The van der Waals surface area contributed by atoms with Crippen molar-refractivity contribution in [2.45, 2.75) is 89.1 Å². The van der Waals surface area contributed by atoms with Gasteiger partial charge < -0.3 is 5.11 Å². The maximum atomic E-state index is 13.7. The van der Waals surface area contributed by atoms with Crippen LogP contribution in [0.5, 0.6) is 0 Å². The number of carboxylic acid groups (broad SMARTS) is 1. The number of carbonyl (C=O) groups is 1. The van der Waals surface area contributed by atoms with Gasteiger partial charge in [-0.3, -0.25) is 0 Å². The van der Waals surface area contributed by atoms with Crippen LogP contribution in [0.2, 0.25) is 0 Å². The molecule has 0 amide bonds. The summed E-state index contributed by atoms with van der Waals surface area (Å²) in [5.41, 5.74) is 0.